The number of benzene rings is 2. The molecule has 53 heavy (non-hydrogen) atoms. The van der Waals surface area contributed by atoms with E-state index in [1.807, 2.05) is 73.3 Å². The fraction of sp³-hybridized carbons (Fsp3) is 0.293. The Kier molecular flexibility index (Phi) is 8.33. The first-order valence-corrected chi connectivity index (χ1v) is 18.8. The zero-order valence-electron chi connectivity index (χ0n) is 29.6. The lowest BCUT2D eigenvalue weighted by Gasteiger charge is -2.53. The van der Waals surface area contributed by atoms with Crippen LogP contribution in [0.15, 0.2) is 85.2 Å². The molecule has 1 spiro atoms. The molecule has 2 saturated heterocycles. The van der Waals surface area contributed by atoms with Crippen LogP contribution in [0.1, 0.15) is 61.5 Å². The molecule has 1 atom stereocenters. The van der Waals surface area contributed by atoms with Crippen LogP contribution < -0.4 is 15.1 Å². The number of imidazole rings is 1. The average Bonchev–Trinajstić information content (AvgIpc) is 3.71. The SMILES string of the molecule is Cc1cnc(N2CC3(CCOCC3)C2)c(C(=O)Nc2ccc(C(=O)N3CCc4cc(C(O)c5nc6ccccc6n5C)sc4-c4ncccc43)cc2)c1. The number of aliphatic hydroxyl groups excluding tert-OH is 1. The summed E-state index contributed by atoms with van der Waals surface area (Å²) in [6.45, 7) is 5.69. The van der Waals surface area contributed by atoms with E-state index in [2.05, 4.69) is 15.2 Å². The Hall–Kier alpha value is -5.43. The monoisotopic (exact) mass is 725 g/mol. The number of aliphatic hydroxyl groups is 1. The number of anilines is 3. The van der Waals surface area contributed by atoms with E-state index < -0.39 is 6.10 Å². The number of carbonyl (C=O) groups is 2. The third kappa shape index (κ3) is 5.96. The van der Waals surface area contributed by atoms with Crippen molar-refractivity contribution >= 4 is 51.4 Å². The van der Waals surface area contributed by atoms with Gasteiger partial charge in [0.2, 0.25) is 0 Å². The molecule has 12 heteroatoms. The molecule has 4 aromatic heterocycles. The Morgan fingerprint density at radius 1 is 1.00 bits per heavy atom. The molecule has 2 fully saturated rings. The molecule has 0 bridgehead atoms. The van der Waals surface area contributed by atoms with Crippen LogP contribution in [0.2, 0.25) is 0 Å². The van der Waals surface area contributed by atoms with Gasteiger partial charge >= 0.3 is 0 Å². The molecule has 6 aromatic rings. The molecule has 0 saturated carbocycles. The molecule has 268 valence electrons. The van der Waals surface area contributed by atoms with Crippen molar-refractivity contribution in [2.24, 2.45) is 12.5 Å². The summed E-state index contributed by atoms with van der Waals surface area (Å²) >= 11 is 1.49. The van der Waals surface area contributed by atoms with Crippen molar-refractivity contribution < 1.29 is 19.4 Å². The minimum absolute atomic E-state index is 0.155. The summed E-state index contributed by atoms with van der Waals surface area (Å²) in [6, 6.07) is 22.5. The molecule has 2 aromatic carbocycles. The highest BCUT2D eigenvalue weighted by molar-refractivity contribution is 7.15. The Balaban J connectivity index is 0.922. The van der Waals surface area contributed by atoms with Gasteiger partial charge in [0.05, 0.1) is 27.2 Å². The Bertz CT molecular complexity index is 2370. The van der Waals surface area contributed by atoms with Gasteiger partial charge in [0, 0.05) is 73.8 Å². The largest absolute Gasteiger partial charge is 0.381 e. The van der Waals surface area contributed by atoms with E-state index in [-0.39, 0.29) is 17.2 Å². The molecule has 3 aliphatic heterocycles. The summed E-state index contributed by atoms with van der Waals surface area (Å²) in [7, 11) is 1.92. The molecular weight excluding hydrogens is 687 g/mol. The maximum atomic E-state index is 14.1. The normalized spacial score (nSPS) is 16.8. The maximum absolute atomic E-state index is 14.1. The van der Waals surface area contributed by atoms with Crippen molar-refractivity contribution in [3.05, 3.63) is 118 Å². The topological polar surface area (TPSA) is 126 Å². The Morgan fingerprint density at radius 2 is 1.79 bits per heavy atom. The number of hydrogen-bond donors (Lipinski definition) is 2. The average molecular weight is 726 g/mol. The lowest BCUT2D eigenvalue weighted by molar-refractivity contribution is -0.000510. The number of aryl methyl sites for hydroxylation is 2. The summed E-state index contributed by atoms with van der Waals surface area (Å²) in [6.07, 6.45) is 5.30. The number of nitrogens with one attached hydrogen (secondary N) is 1. The Morgan fingerprint density at radius 3 is 2.58 bits per heavy atom. The van der Waals surface area contributed by atoms with Crippen molar-refractivity contribution in [2.45, 2.75) is 32.3 Å². The first kappa shape index (κ1) is 33.4. The number of nitrogens with zero attached hydrogens (tertiary/aromatic N) is 6. The molecule has 7 heterocycles. The number of para-hydroxylation sites is 2. The van der Waals surface area contributed by atoms with Gasteiger partial charge in [-0.25, -0.2) is 9.97 Å². The summed E-state index contributed by atoms with van der Waals surface area (Å²) in [5.41, 5.74) is 7.04. The number of rotatable bonds is 6. The minimum atomic E-state index is -0.901. The van der Waals surface area contributed by atoms with Gasteiger partial charge in [-0.1, -0.05) is 12.1 Å². The second-order valence-electron chi connectivity index (χ2n) is 14.4. The van der Waals surface area contributed by atoms with Gasteiger partial charge in [0.25, 0.3) is 11.8 Å². The second-order valence-corrected chi connectivity index (χ2v) is 15.5. The molecule has 2 amide bonds. The number of ether oxygens (including phenoxy) is 1. The van der Waals surface area contributed by atoms with Gasteiger partial charge in [-0.15, -0.1) is 11.3 Å². The highest BCUT2D eigenvalue weighted by Crippen LogP contribution is 2.44. The van der Waals surface area contributed by atoms with Gasteiger partial charge in [-0.2, -0.15) is 0 Å². The third-order valence-electron chi connectivity index (χ3n) is 10.8. The zero-order valence-corrected chi connectivity index (χ0v) is 30.4. The van der Waals surface area contributed by atoms with Gasteiger partial charge in [0.15, 0.2) is 0 Å². The third-order valence-corrected chi connectivity index (χ3v) is 12.1. The van der Waals surface area contributed by atoms with Crippen LogP contribution in [0.4, 0.5) is 17.2 Å². The number of carbonyl (C=O) groups excluding carboxylic acids is 2. The van der Waals surface area contributed by atoms with Crippen molar-refractivity contribution in [1.82, 2.24) is 19.5 Å². The van der Waals surface area contributed by atoms with Crippen LogP contribution in [0, 0.1) is 12.3 Å². The fourth-order valence-electron chi connectivity index (χ4n) is 7.93. The first-order chi connectivity index (χ1) is 25.8. The lowest BCUT2D eigenvalue weighted by Crippen LogP contribution is -2.59. The number of hydrogen-bond acceptors (Lipinski definition) is 9. The van der Waals surface area contributed by atoms with Crippen LogP contribution in [0.5, 0.6) is 0 Å². The van der Waals surface area contributed by atoms with E-state index in [0.29, 0.717) is 52.8 Å². The van der Waals surface area contributed by atoms with Crippen LogP contribution in [-0.4, -0.2) is 69.3 Å². The molecule has 9 rings (SSSR count). The summed E-state index contributed by atoms with van der Waals surface area (Å²) in [4.78, 5) is 47.5. The summed E-state index contributed by atoms with van der Waals surface area (Å²) in [5.74, 6) is 0.890. The molecular formula is C41H39N7O4S. The van der Waals surface area contributed by atoms with Gasteiger partial charge in [-0.3, -0.25) is 14.6 Å². The van der Waals surface area contributed by atoms with Gasteiger partial charge < -0.3 is 29.5 Å². The van der Waals surface area contributed by atoms with Crippen molar-refractivity contribution in [3.63, 3.8) is 0 Å². The highest BCUT2D eigenvalue weighted by Gasteiger charge is 2.45. The van der Waals surface area contributed by atoms with E-state index >= 15 is 0 Å². The van der Waals surface area contributed by atoms with Crippen LogP contribution >= 0.6 is 11.3 Å². The molecule has 11 nitrogen and oxygen atoms in total. The number of fused-ring (bicyclic) bond motifs is 4. The van der Waals surface area contributed by atoms with Crippen molar-refractivity contribution in [3.8, 4) is 10.6 Å². The van der Waals surface area contributed by atoms with E-state index in [0.717, 1.165) is 71.1 Å². The van der Waals surface area contributed by atoms with E-state index in [4.69, 9.17) is 14.7 Å². The number of thiophene rings is 1. The molecule has 2 N–H and O–H groups in total. The van der Waals surface area contributed by atoms with E-state index in [1.165, 1.54) is 11.3 Å². The van der Waals surface area contributed by atoms with Crippen LogP contribution in [0.3, 0.4) is 0 Å². The predicted octanol–water partition coefficient (Wildman–Crippen LogP) is 6.55. The molecule has 0 radical (unpaired) electrons. The van der Waals surface area contributed by atoms with Gasteiger partial charge in [-0.05, 0) is 98.0 Å². The quantitative estimate of drug-likeness (QED) is 0.198. The van der Waals surface area contributed by atoms with Crippen LogP contribution in [0.25, 0.3) is 21.6 Å². The number of aromatic nitrogens is 4. The van der Waals surface area contributed by atoms with Crippen LogP contribution in [-0.2, 0) is 18.2 Å². The second kappa shape index (κ2) is 13.2. The smallest absolute Gasteiger partial charge is 0.259 e. The number of amides is 2. The van der Waals surface area contributed by atoms with Crippen molar-refractivity contribution in [1.29, 1.82) is 0 Å². The van der Waals surface area contributed by atoms with Gasteiger partial charge in [0.1, 0.15) is 23.4 Å². The summed E-state index contributed by atoms with van der Waals surface area (Å²) < 4.78 is 7.51. The summed E-state index contributed by atoms with van der Waals surface area (Å²) in [5, 5.41) is 14.5. The highest BCUT2D eigenvalue weighted by atomic mass is 32.1. The molecule has 0 aliphatic carbocycles. The predicted molar refractivity (Wildman–Crippen MR) is 206 cm³/mol. The molecule has 1 unspecified atom stereocenters. The molecule has 3 aliphatic rings. The van der Waals surface area contributed by atoms with E-state index in [1.54, 1.807) is 35.4 Å². The zero-order chi connectivity index (χ0) is 36.3. The lowest BCUT2D eigenvalue weighted by atomic mass is 9.73. The van der Waals surface area contributed by atoms with E-state index in [9.17, 15) is 14.7 Å². The first-order valence-electron chi connectivity index (χ1n) is 18.0. The minimum Gasteiger partial charge on any atom is -0.381 e. The maximum Gasteiger partial charge on any atom is 0.259 e. The fourth-order valence-corrected chi connectivity index (χ4v) is 9.13. The van der Waals surface area contributed by atoms with Crippen molar-refractivity contribution in [2.75, 3.05) is 48.0 Å². The Labute approximate surface area is 310 Å². The number of pyridine rings is 2. The standard InChI is InChI=1S/C41H39N7O4S/c1-25-20-29(37(43-22-25)47-23-41(24-47)14-18-52-19-15-41)39(50)44-28-11-9-26(10-12-28)40(51)48-17-13-27-21-33(53-36(27)34-32(48)8-5-16-42-34)35(49)38-45-30-6-3-4-7-31(30)46(38)2/h3-12,16,20-22,35,49H,13-15,17-19,23-24H2,1-2H3,(H,44,50).